The molecule has 4 rings (SSSR count). The molecule has 3 nitrogen and oxygen atoms in total. The number of rotatable bonds is 5. The molecule has 34 heavy (non-hydrogen) atoms. The first-order chi connectivity index (χ1) is 15.7. The van der Waals surface area contributed by atoms with Crippen molar-refractivity contribution < 1.29 is 4.79 Å². The molecule has 3 aromatic rings. The Labute approximate surface area is 208 Å². The molecule has 0 amide bonds. The van der Waals surface area contributed by atoms with E-state index in [1.54, 1.807) is 0 Å². The summed E-state index contributed by atoms with van der Waals surface area (Å²) < 4.78 is 0. The van der Waals surface area contributed by atoms with Crippen LogP contribution in [0.5, 0.6) is 0 Å². The highest BCUT2D eigenvalue weighted by Crippen LogP contribution is 2.65. The summed E-state index contributed by atoms with van der Waals surface area (Å²) in [6.45, 7) is 16.1. The molecule has 182 valence electrons. The van der Waals surface area contributed by atoms with Crippen LogP contribution in [0.1, 0.15) is 83.8 Å². The number of H-pyrrole nitrogens is 2. The minimum absolute atomic E-state index is 0.0640. The van der Waals surface area contributed by atoms with Crippen LogP contribution in [0.2, 0.25) is 0 Å². The number of benzene rings is 1. The van der Waals surface area contributed by atoms with Gasteiger partial charge in [-0.25, -0.2) is 0 Å². The van der Waals surface area contributed by atoms with E-state index in [1.165, 1.54) is 16.4 Å². The van der Waals surface area contributed by atoms with Crippen molar-refractivity contribution in [3.63, 3.8) is 0 Å². The van der Waals surface area contributed by atoms with E-state index in [1.807, 2.05) is 12.4 Å². The Bertz CT molecular complexity index is 1100. The Morgan fingerprint density at radius 2 is 1.44 bits per heavy atom. The lowest BCUT2D eigenvalue weighted by molar-refractivity contribution is -0.120. The number of nitrogens with one attached hydrogen (secondary N) is 2. The first-order valence-electron chi connectivity index (χ1n) is 12.3. The average molecular weight is 495 g/mol. The van der Waals surface area contributed by atoms with Gasteiger partial charge in [0.15, 0.2) is 0 Å². The summed E-state index contributed by atoms with van der Waals surface area (Å²) in [5.41, 5.74) is 5.17. The molecule has 0 spiro atoms. The van der Waals surface area contributed by atoms with Gasteiger partial charge >= 0.3 is 0 Å². The normalized spacial score (nSPS) is 18.9. The fourth-order valence-corrected chi connectivity index (χ4v) is 11.1. The number of aromatic amines is 2. The van der Waals surface area contributed by atoms with E-state index in [2.05, 4.69) is 110 Å². The number of aromatic nitrogens is 2. The maximum absolute atomic E-state index is 12.7. The standard InChI is InChI=1S/C29H40N2OP2/c1-26(2,3)17-20-12-13-23(34-27(4,5)18-21(32)19-28(34,6)7)22(16-20)29(33,24-10-8-14-30-24)25-11-9-15-31-25/h8-16,30-31H,17-19,33H2,1-7H3. The monoisotopic (exact) mass is 494 g/mol. The van der Waals surface area contributed by atoms with Crippen molar-refractivity contribution in [3.05, 3.63) is 77.4 Å². The summed E-state index contributed by atoms with van der Waals surface area (Å²) in [7, 11) is 2.57. The second-order valence-electron chi connectivity index (χ2n) is 12.4. The molecule has 1 atom stereocenters. The zero-order valence-corrected chi connectivity index (χ0v) is 23.8. The van der Waals surface area contributed by atoms with Crippen LogP contribution < -0.4 is 5.30 Å². The molecule has 0 saturated carbocycles. The maximum atomic E-state index is 12.7. The van der Waals surface area contributed by atoms with Crippen LogP contribution in [0.25, 0.3) is 0 Å². The summed E-state index contributed by atoms with van der Waals surface area (Å²) >= 11 is 0. The lowest BCUT2D eigenvalue weighted by Gasteiger charge is -2.50. The number of carbonyl (C=O) groups excluding carboxylic acids is 1. The lowest BCUT2D eigenvalue weighted by Crippen LogP contribution is -2.45. The van der Waals surface area contributed by atoms with Gasteiger partial charge in [0.05, 0.1) is 5.16 Å². The van der Waals surface area contributed by atoms with Crippen molar-refractivity contribution in [1.29, 1.82) is 0 Å². The van der Waals surface area contributed by atoms with E-state index < -0.39 is 13.1 Å². The van der Waals surface area contributed by atoms with E-state index in [9.17, 15) is 4.79 Å². The third kappa shape index (κ3) is 4.72. The van der Waals surface area contributed by atoms with Crippen LogP contribution in [-0.4, -0.2) is 26.1 Å². The summed E-state index contributed by atoms with van der Waals surface area (Å²) in [4.78, 5) is 19.8. The minimum atomic E-state index is -0.624. The molecule has 1 unspecified atom stereocenters. The van der Waals surface area contributed by atoms with Gasteiger partial charge in [-0.05, 0) is 62.8 Å². The highest BCUT2D eigenvalue weighted by atomic mass is 31.1. The smallest absolute Gasteiger partial charge is 0.134 e. The summed E-state index contributed by atoms with van der Waals surface area (Å²) in [6, 6.07) is 15.7. The van der Waals surface area contributed by atoms with Crippen LogP contribution in [0.3, 0.4) is 0 Å². The minimum Gasteiger partial charge on any atom is -0.364 e. The Balaban J connectivity index is 2.02. The van der Waals surface area contributed by atoms with Crippen LogP contribution in [-0.2, 0) is 16.4 Å². The van der Waals surface area contributed by atoms with Crippen molar-refractivity contribution in [2.45, 2.75) is 83.2 Å². The van der Waals surface area contributed by atoms with Crippen molar-refractivity contribution in [2.24, 2.45) is 5.41 Å². The van der Waals surface area contributed by atoms with E-state index in [-0.39, 0.29) is 15.7 Å². The van der Waals surface area contributed by atoms with Crippen molar-refractivity contribution in [2.75, 3.05) is 0 Å². The number of hydrogen-bond donors (Lipinski definition) is 2. The SMILES string of the molecule is CC(C)(C)Cc1ccc(P2C(C)(C)CC(=O)CC2(C)C)c(C(P)(c2ccc[nH]2)c2ccc[nH]2)c1. The fourth-order valence-electron chi connectivity index (χ4n) is 6.06. The first kappa shape index (κ1) is 25.4. The summed E-state index contributed by atoms with van der Waals surface area (Å²) in [6.07, 6.45) is 6.34. The maximum Gasteiger partial charge on any atom is 0.134 e. The predicted molar refractivity (Wildman–Crippen MR) is 150 cm³/mol. The molecular formula is C29H40N2OP2. The second kappa shape index (κ2) is 8.76. The van der Waals surface area contributed by atoms with Gasteiger partial charge in [-0.1, -0.05) is 74.6 Å². The molecule has 5 heteroatoms. The van der Waals surface area contributed by atoms with Gasteiger partial charge in [-0.15, -0.1) is 9.24 Å². The number of hydrogen-bond acceptors (Lipinski definition) is 1. The van der Waals surface area contributed by atoms with Gasteiger partial charge in [0, 0.05) is 36.6 Å². The van der Waals surface area contributed by atoms with Crippen LogP contribution in [0, 0.1) is 5.41 Å². The van der Waals surface area contributed by atoms with Gasteiger partial charge in [0.1, 0.15) is 5.78 Å². The Kier molecular flexibility index (Phi) is 6.54. The molecule has 1 aliphatic rings. The van der Waals surface area contributed by atoms with Crippen LogP contribution in [0.4, 0.5) is 0 Å². The number of carbonyl (C=O) groups is 1. The zero-order chi connectivity index (χ0) is 24.9. The molecule has 3 heterocycles. The third-order valence-electron chi connectivity index (χ3n) is 6.98. The molecule has 1 fully saturated rings. The summed E-state index contributed by atoms with van der Waals surface area (Å²) in [5.74, 6) is 0.394. The molecule has 0 bridgehead atoms. The molecule has 1 aliphatic heterocycles. The lowest BCUT2D eigenvalue weighted by atomic mass is 9.85. The number of ketones is 1. The molecule has 0 radical (unpaired) electrons. The van der Waals surface area contributed by atoms with Gasteiger partial charge < -0.3 is 9.97 Å². The number of Topliss-reactive ketones (excluding diaryl/α,β-unsaturated/α-hetero) is 1. The van der Waals surface area contributed by atoms with Crippen molar-refractivity contribution in [3.8, 4) is 0 Å². The predicted octanol–water partition coefficient (Wildman–Crippen LogP) is 7.13. The fraction of sp³-hybridized carbons (Fsp3) is 0.483. The Hall–Kier alpha value is -1.69. The van der Waals surface area contributed by atoms with Crippen molar-refractivity contribution >= 4 is 28.2 Å². The van der Waals surface area contributed by atoms with Gasteiger partial charge in [-0.3, -0.25) is 4.79 Å². The van der Waals surface area contributed by atoms with Gasteiger partial charge in [-0.2, -0.15) is 0 Å². The molecule has 0 aliphatic carbocycles. The van der Waals surface area contributed by atoms with E-state index in [4.69, 9.17) is 0 Å². The second-order valence-corrected chi connectivity index (χ2v) is 16.9. The van der Waals surface area contributed by atoms with Crippen LogP contribution >= 0.6 is 17.2 Å². The highest BCUT2D eigenvalue weighted by Gasteiger charge is 2.50. The van der Waals surface area contributed by atoms with E-state index >= 15 is 0 Å². The van der Waals surface area contributed by atoms with E-state index in [0.29, 0.717) is 18.6 Å². The first-order valence-corrected chi connectivity index (χ1v) is 14.2. The third-order valence-corrected chi connectivity index (χ3v) is 11.5. The molecule has 1 aromatic carbocycles. The molecule has 2 N–H and O–H groups in total. The molecule has 2 aromatic heterocycles. The van der Waals surface area contributed by atoms with Gasteiger partial charge in [0.2, 0.25) is 0 Å². The largest absolute Gasteiger partial charge is 0.364 e. The molecular weight excluding hydrogens is 454 g/mol. The Morgan fingerprint density at radius 1 is 0.912 bits per heavy atom. The quantitative estimate of drug-likeness (QED) is 0.364. The van der Waals surface area contributed by atoms with Crippen molar-refractivity contribution in [1.82, 2.24) is 9.97 Å². The summed E-state index contributed by atoms with van der Waals surface area (Å²) in [5, 5.41) is 0.845. The van der Waals surface area contributed by atoms with Crippen LogP contribution in [0.15, 0.2) is 54.9 Å². The molecule has 1 saturated heterocycles. The highest BCUT2D eigenvalue weighted by molar-refractivity contribution is 7.69. The van der Waals surface area contributed by atoms with E-state index in [0.717, 1.165) is 17.8 Å². The zero-order valence-electron chi connectivity index (χ0n) is 21.8. The topological polar surface area (TPSA) is 48.6 Å². The average Bonchev–Trinajstić information content (AvgIpc) is 3.39. The van der Waals surface area contributed by atoms with Gasteiger partial charge in [0.25, 0.3) is 0 Å². The Morgan fingerprint density at radius 3 is 1.88 bits per heavy atom.